The van der Waals surface area contributed by atoms with Crippen LogP contribution < -0.4 is 0 Å². The highest BCUT2D eigenvalue weighted by molar-refractivity contribution is 6.05. The summed E-state index contributed by atoms with van der Waals surface area (Å²) in [6.45, 7) is 1.08. The van der Waals surface area contributed by atoms with Crippen molar-refractivity contribution in [3.8, 4) is 0 Å². The number of hydrogen-bond acceptors (Lipinski definition) is 4. The van der Waals surface area contributed by atoms with Crippen molar-refractivity contribution >= 4 is 17.8 Å². The minimum atomic E-state index is -1.74. The van der Waals surface area contributed by atoms with Crippen LogP contribution in [-0.2, 0) is 14.3 Å². The van der Waals surface area contributed by atoms with Crippen LogP contribution >= 0.6 is 0 Å². The second-order valence-electron chi connectivity index (χ2n) is 6.54. The molecule has 2 saturated heterocycles. The number of ether oxygens (including phenoxy) is 1. The van der Waals surface area contributed by atoms with E-state index in [2.05, 4.69) is 0 Å². The Balaban J connectivity index is 1.71. The number of carbonyl (C=O) groups is 3. The van der Waals surface area contributed by atoms with E-state index < -0.39 is 23.4 Å². The van der Waals surface area contributed by atoms with Crippen molar-refractivity contribution in [1.82, 2.24) is 4.90 Å². The topological polar surface area (TPSA) is 104 Å². The summed E-state index contributed by atoms with van der Waals surface area (Å²) in [5, 5.41) is 18.8. The van der Waals surface area contributed by atoms with Gasteiger partial charge in [-0.3, -0.25) is 4.79 Å². The van der Waals surface area contributed by atoms with Crippen LogP contribution in [0.2, 0.25) is 0 Å². The fraction of sp³-hybridized carbons (Fsp3) is 0.500. The number of carboxylic acids is 2. The predicted octanol–water partition coefficient (Wildman–Crippen LogP) is 1.72. The third kappa shape index (κ3) is 3.11. The summed E-state index contributed by atoms with van der Waals surface area (Å²) in [4.78, 5) is 37.2. The first-order valence-electron chi connectivity index (χ1n) is 8.44. The Morgan fingerprint density at radius 3 is 2.36 bits per heavy atom. The molecule has 0 unspecified atom stereocenters. The number of hydrogen-bond donors (Lipinski definition) is 2. The maximum Gasteiger partial charge on any atom is 0.345 e. The van der Waals surface area contributed by atoms with E-state index in [-0.39, 0.29) is 24.5 Å². The van der Waals surface area contributed by atoms with Gasteiger partial charge in [0.1, 0.15) is 0 Å². The third-order valence-electron chi connectivity index (χ3n) is 5.13. The zero-order valence-electron chi connectivity index (χ0n) is 13.8. The van der Waals surface area contributed by atoms with Gasteiger partial charge in [0.2, 0.25) is 5.60 Å². The monoisotopic (exact) mass is 347 g/mol. The van der Waals surface area contributed by atoms with Crippen molar-refractivity contribution in [3.63, 3.8) is 0 Å². The lowest BCUT2D eigenvalue weighted by Gasteiger charge is -2.36. The van der Waals surface area contributed by atoms with Gasteiger partial charge in [-0.05, 0) is 43.2 Å². The number of nitrogens with zero attached hydrogens (tertiary/aromatic N) is 1. The molecule has 3 rings (SSSR count). The van der Waals surface area contributed by atoms with Crippen LogP contribution in [0.25, 0.3) is 0 Å². The highest BCUT2D eigenvalue weighted by atomic mass is 16.5. The first-order chi connectivity index (χ1) is 12.0. The summed E-state index contributed by atoms with van der Waals surface area (Å²) in [7, 11) is 0. The molecule has 2 heterocycles. The maximum atomic E-state index is 12.7. The van der Waals surface area contributed by atoms with Crippen LogP contribution in [0, 0.1) is 0 Å². The van der Waals surface area contributed by atoms with Crippen molar-refractivity contribution in [3.05, 3.63) is 35.4 Å². The van der Waals surface area contributed by atoms with E-state index in [0.29, 0.717) is 32.4 Å². The normalized spacial score (nSPS) is 24.2. The second kappa shape index (κ2) is 6.84. The van der Waals surface area contributed by atoms with Crippen molar-refractivity contribution in [2.24, 2.45) is 0 Å². The molecule has 0 aliphatic carbocycles. The molecule has 134 valence electrons. The summed E-state index contributed by atoms with van der Waals surface area (Å²) >= 11 is 0. The Morgan fingerprint density at radius 2 is 1.80 bits per heavy atom. The lowest BCUT2D eigenvalue weighted by molar-refractivity contribution is -0.173. The molecule has 2 fully saturated rings. The molecule has 25 heavy (non-hydrogen) atoms. The molecule has 0 radical (unpaired) electrons. The number of rotatable bonds is 4. The fourth-order valence-electron chi connectivity index (χ4n) is 3.77. The molecule has 0 bridgehead atoms. The predicted molar refractivity (Wildman–Crippen MR) is 87.5 cm³/mol. The van der Waals surface area contributed by atoms with Crippen molar-refractivity contribution in [2.45, 2.75) is 37.2 Å². The van der Waals surface area contributed by atoms with E-state index in [0.717, 1.165) is 5.56 Å². The molecule has 2 aliphatic heterocycles. The lowest BCUT2D eigenvalue weighted by atomic mass is 9.85. The van der Waals surface area contributed by atoms with E-state index in [1.54, 1.807) is 17.0 Å². The molecular weight excluding hydrogens is 326 g/mol. The molecule has 1 aromatic rings. The van der Waals surface area contributed by atoms with Gasteiger partial charge >= 0.3 is 11.9 Å². The van der Waals surface area contributed by atoms with Gasteiger partial charge in [-0.1, -0.05) is 18.2 Å². The van der Waals surface area contributed by atoms with Crippen LogP contribution in [0.1, 0.15) is 47.5 Å². The summed E-state index contributed by atoms with van der Waals surface area (Å²) in [6.07, 6.45) is 1.96. The van der Waals surface area contributed by atoms with E-state index in [4.69, 9.17) is 4.74 Å². The average Bonchev–Trinajstić information content (AvgIpc) is 3.12. The van der Waals surface area contributed by atoms with Crippen LogP contribution in [0.4, 0.5) is 0 Å². The van der Waals surface area contributed by atoms with Crippen molar-refractivity contribution < 1.29 is 29.3 Å². The SMILES string of the molecule is O=C(O)c1ccccc1C1CCN(C(=O)[C@]2(C(=O)O)CCCO2)CC1. The molecule has 1 aromatic carbocycles. The molecule has 2 N–H and O–H groups in total. The molecule has 7 nitrogen and oxygen atoms in total. The number of aliphatic carboxylic acids is 1. The number of carboxylic acid groups (broad SMARTS) is 2. The van der Waals surface area contributed by atoms with Gasteiger partial charge in [0.25, 0.3) is 5.91 Å². The second-order valence-corrected chi connectivity index (χ2v) is 6.54. The number of amides is 1. The van der Waals surface area contributed by atoms with E-state index >= 15 is 0 Å². The molecule has 0 spiro atoms. The highest BCUT2D eigenvalue weighted by Crippen LogP contribution is 2.34. The zero-order chi connectivity index (χ0) is 18.0. The fourth-order valence-corrected chi connectivity index (χ4v) is 3.77. The van der Waals surface area contributed by atoms with Crippen molar-refractivity contribution in [1.29, 1.82) is 0 Å². The van der Waals surface area contributed by atoms with Gasteiger partial charge in [-0.2, -0.15) is 0 Å². The molecule has 2 aliphatic rings. The minimum Gasteiger partial charge on any atom is -0.479 e. The van der Waals surface area contributed by atoms with E-state index in [1.165, 1.54) is 0 Å². The number of carbonyl (C=O) groups excluding carboxylic acids is 1. The maximum absolute atomic E-state index is 12.7. The molecule has 0 saturated carbocycles. The first-order valence-corrected chi connectivity index (χ1v) is 8.44. The van der Waals surface area contributed by atoms with Gasteiger partial charge in [0.15, 0.2) is 0 Å². The first kappa shape index (κ1) is 17.4. The van der Waals surface area contributed by atoms with Crippen molar-refractivity contribution in [2.75, 3.05) is 19.7 Å². The molecule has 1 atom stereocenters. The molecule has 1 amide bonds. The Kier molecular flexibility index (Phi) is 4.76. The number of aromatic carboxylic acids is 1. The molecule has 0 aromatic heterocycles. The average molecular weight is 347 g/mol. The van der Waals surface area contributed by atoms with Crippen LogP contribution in [0.3, 0.4) is 0 Å². The van der Waals surface area contributed by atoms with E-state index in [1.807, 2.05) is 12.1 Å². The third-order valence-corrected chi connectivity index (χ3v) is 5.13. The standard InChI is InChI=1S/C18H21NO6/c20-15(21)14-5-2-1-4-13(14)12-6-9-19(10-7-12)16(22)18(17(23)24)8-3-11-25-18/h1-2,4-5,12H,3,6-11H2,(H,20,21)(H,23,24)/t18-/m0/s1. The van der Waals surface area contributed by atoms with Crippen LogP contribution in [0.5, 0.6) is 0 Å². The lowest BCUT2D eigenvalue weighted by Crippen LogP contribution is -2.55. The zero-order valence-corrected chi connectivity index (χ0v) is 13.8. The highest BCUT2D eigenvalue weighted by Gasteiger charge is 2.52. The van der Waals surface area contributed by atoms with Gasteiger partial charge < -0.3 is 19.8 Å². The molecular formula is C18H21NO6. The van der Waals surface area contributed by atoms with Gasteiger partial charge in [-0.15, -0.1) is 0 Å². The summed E-state index contributed by atoms with van der Waals surface area (Å²) in [5.41, 5.74) is -0.688. The van der Waals surface area contributed by atoms with Gasteiger partial charge in [0, 0.05) is 19.7 Å². The number of benzene rings is 1. The van der Waals surface area contributed by atoms with Crippen LogP contribution in [-0.4, -0.2) is 58.3 Å². The van der Waals surface area contributed by atoms with Crippen LogP contribution in [0.15, 0.2) is 24.3 Å². The smallest absolute Gasteiger partial charge is 0.345 e. The largest absolute Gasteiger partial charge is 0.479 e. The van der Waals surface area contributed by atoms with E-state index in [9.17, 15) is 24.6 Å². The number of piperidine rings is 1. The Morgan fingerprint density at radius 1 is 1.12 bits per heavy atom. The Labute approximate surface area is 145 Å². The molecule has 7 heteroatoms. The summed E-state index contributed by atoms with van der Waals surface area (Å²) in [5.74, 6) is -2.63. The van der Waals surface area contributed by atoms with Gasteiger partial charge in [-0.25, -0.2) is 9.59 Å². The minimum absolute atomic E-state index is 0.0432. The summed E-state index contributed by atoms with van der Waals surface area (Å²) < 4.78 is 5.31. The van der Waals surface area contributed by atoms with Gasteiger partial charge in [0.05, 0.1) is 5.56 Å². The Bertz CT molecular complexity index is 687. The Hall–Kier alpha value is -2.41. The number of likely N-dealkylation sites (tertiary alicyclic amines) is 1. The quantitative estimate of drug-likeness (QED) is 0.804. The summed E-state index contributed by atoms with van der Waals surface area (Å²) in [6, 6.07) is 6.90.